The van der Waals surface area contributed by atoms with Gasteiger partial charge in [0, 0.05) is 36.4 Å². The highest BCUT2D eigenvalue weighted by Crippen LogP contribution is 2.36. The van der Waals surface area contributed by atoms with Crippen molar-refractivity contribution in [2.45, 2.75) is 25.1 Å². The molecule has 0 aliphatic carbocycles. The maximum atomic E-state index is 12.1. The molecule has 4 heterocycles. The van der Waals surface area contributed by atoms with Gasteiger partial charge in [-0.2, -0.15) is 27.8 Å². The number of rotatable bonds is 5. The Bertz CT molecular complexity index is 1470. The molecule has 0 atom stereocenters. The molecule has 0 spiro atoms. The third kappa shape index (κ3) is 5.37. The molecule has 198 valence electrons. The van der Waals surface area contributed by atoms with E-state index in [1.165, 1.54) is 21.4 Å². The summed E-state index contributed by atoms with van der Waals surface area (Å²) in [5.41, 5.74) is 2.92. The van der Waals surface area contributed by atoms with Gasteiger partial charge in [0.15, 0.2) is 5.65 Å². The SMILES string of the molecule is CCS(=O)(=O)N1CC(CC#N)(n2cc(-c3ncnc4c3ccn4C(=O)NN)cn2)C1.O=C(O)C(F)(F)F. The van der Waals surface area contributed by atoms with Gasteiger partial charge in [-0.05, 0) is 13.0 Å². The number of amides is 1. The molecule has 4 rings (SSSR count). The number of carboxylic acid groups (broad SMARTS) is 1. The fraction of sp³-hybridized carbons (Fsp3) is 0.368. The summed E-state index contributed by atoms with van der Waals surface area (Å²) in [6, 6.07) is 3.29. The van der Waals surface area contributed by atoms with Gasteiger partial charge >= 0.3 is 18.2 Å². The van der Waals surface area contributed by atoms with Crippen molar-refractivity contribution >= 4 is 33.1 Å². The number of nitrogen functional groups attached to an aromatic ring is 1. The normalized spacial score (nSPS) is 15.2. The van der Waals surface area contributed by atoms with Crippen LogP contribution in [0.15, 0.2) is 31.0 Å². The van der Waals surface area contributed by atoms with Gasteiger partial charge in [0.1, 0.15) is 11.9 Å². The molecule has 3 aromatic rings. The third-order valence-electron chi connectivity index (χ3n) is 5.52. The number of hydrazine groups is 1. The average molecular weight is 543 g/mol. The van der Waals surface area contributed by atoms with E-state index >= 15 is 0 Å². The van der Waals surface area contributed by atoms with Gasteiger partial charge in [-0.15, -0.1) is 0 Å². The lowest BCUT2D eigenvalue weighted by atomic mass is 9.89. The van der Waals surface area contributed by atoms with Gasteiger partial charge in [-0.1, -0.05) is 0 Å². The Morgan fingerprint density at radius 3 is 2.51 bits per heavy atom. The molecule has 18 heteroatoms. The second kappa shape index (κ2) is 10.1. The Hall–Kier alpha value is -4.08. The van der Waals surface area contributed by atoms with E-state index in [2.05, 4.69) is 26.6 Å². The number of hydrogen-bond donors (Lipinski definition) is 3. The Morgan fingerprint density at radius 2 is 1.97 bits per heavy atom. The van der Waals surface area contributed by atoms with Crippen LogP contribution in [0, 0.1) is 11.3 Å². The van der Waals surface area contributed by atoms with Crippen LogP contribution < -0.4 is 11.3 Å². The standard InChI is InChI=1S/C17H19N9O3S.C2HF3O2/c1-2-30(28,29)24-9-17(10-24,4-5-18)26-8-12(7-22-26)14-13-3-6-25(16(27)23-19)15(13)21-11-20-14;3-2(4,5)1(6)7/h3,6-8,11H,2,4,9-10,19H2,1H3,(H,23,27);(H,6,7). The molecule has 0 bridgehead atoms. The summed E-state index contributed by atoms with van der Waals surface area (Å²) in [5, 5.41) is 21.4. The summed E-state index contributed by atoms with van der Waals surface area (Å²) in [4.78, 5) is 29.3. The van der Waals surface area contributed by atoms with E-state index < -0.39 is 33.7 Å². The molecule has 37 heavy (non-hydrogen) atoms. The van der Waals surface area contributed by atoms with Crippen molar-refractivity contribution in [3.63, 3.8) is 0 Å². The number of nitrogens with one attached hydrogen (secondary N) is 1. The molecule has 1 aliphatic heterocycles. The topological polar surface area (TPSA) is 202 Å². The second-order valence-corrected chi connectivity index (χ2v) is 10.1. The largest absolute Gasteiger partial charge is 0.490 e. The van der Waals surface area contributed by atoms with Crippen molar-refractivity contribution in [2.24, 2.45) is 5.84 Å². The van der Waals surface area contributed by atoms with Crippen LogP contribution in [0.4, 0.5) is 18.0 Å². The van der Waals surface area contributed by atoms with Crippen LogP contribution in [0.2, 0.25) is 0 Å². The molecule has 0 aromatic carbocycles. The molecule has 14 nitrogen and oxygen atoms in total. The average Bonchev–Trinajstić information content (AvgIpc) is 3.48. The van der Waals surface area contributed by atoms with Gasteiger partial charge in [-0.25, -0.2) is 33.8 Å². The summed E-state index contributed by atoms with van der Waals surface area (Å²) in [5.74, 6) is 2.46. The number of carbonyl (C=O) groups is 2. The molecule has 1 fully saturated rings. The van der Waals surface area contributed by atoms with E-state index in [-0.39, 0.29) is 25.3 Å². The zero-order valence-corrected chi connectivity index (χ0v) is 19.9. The number of carboxylic acids is 1. The minimum atomic E-state index is -5.08. The van der Waals surface area contributed by atoms with Crippen LogP contribution in [-0.4, -0.2) is 79.2 Å². The predicted molar refractivity (Wildman–Crippen MR) is 120 cm³/mol. The lowest BCUT2D eigenvalue weighted by Gasteiger charge is -2.47. The number of carbonyl (C=O) groups excluding carboxylic acids is 1. The van der Waals surface area contributed by atoms with Crippen molar-refractivity contribution < 1.29 is 36.3 Å². The van der Waals surface area contributed by atoms with Gasteiger partial charge in [-0.3, -0.25) is 14.7 Å². The highest BCUT2D eigenvalue weighted by atomic mass is 32.2. The number of alkyl halides is 3. The monoisotopic (exact) mass is 543 g/mol. The Labute approximate surface area is 207 Å². The van der Waals surface area contributed by atoms with E-state index in [1.807, 2.05) is 0 Å². The number of nitrogens with zero attached hydrogens (tertiary/aromatic N) is 7. The molecule has 4 N–H and O–H groups in total. The summed E-state index contributed by atoms with van der Waals surface area (Å²) in [6.07, 6.45) is 1.23. The summed E-state index contributed by atoms with van der Waals surface area (Å²) in [6.45, 7) is 1.96. The molecule has 1 aliphatic rings. The first-order valence-electron chi connectivity index (χ1n) is 10.3. The lowest BCUT2D eigenvalue weighted by molar-refractivity contribution is -0.192. The number of sulfonamides is 1. The smallest absolute Gasteiger partial charge is 0.475 e. The molecule has 1 amide bonds. The number of aromatic nitrogens is 5. The van der Waals surface area contributed by atoms with Crippen LogP contribution in [0.5, 0.6) is 0 Å². The van der Waals surface area contributed by atoms with Crippen LogP contribution >= 0.6 is 0 Å². The molecule has 0 radical (unpaired) electrons. The summed E-state index contributed by atoms with van der Waals surface area (Å²) >= 11 is 0. The highest BCUT2D eigenvalue weighted by molar-refractivity contribution is 7.89. The van der Waals surface area contributed by atoms with E-state index in [0.717, 1.165) is 0 Å². The van der Waals surface area contributed by atoms with Crippen molar-refractivity contribution in [3.8, 4) is 17.3 Å². The van der Waals surface area contributed by atoms with E-state index in [0.29, 0.717) is 22.3 Å². The van der Waals surface area contributed by atoms with Gasteiger partial charge in [0.25, 0.3) is 0 Å². The predicted octanol–water partition coefficient (Wildman–Crippen LogP) is 0.634. The van der Waals surface area contributed by atoms with E-state index in [4.69, 9.17) is 15.7 Å². The number of aliphatic carboxylic acids is 1. The molecule has 1 saturated heterocycles. The molecule has 0 saturated carbocycles. The molecule has 0 unspecified atom stereocenters. The van der Waals surface area contributed by atoms with Crippen molar-refractivity contribution in [2.75, 3.05) is 18.8 Å². The number of nitrogens with two attached hydrogens (primary N) is 1. The maximum absolute atomic E-state index is 12.1. The zero-order valence-electron chi connectivity index (χ0n) is 19.0. The number of fused-ring (bicyclic) bond motifs is 1. The van der Waals surface area contributed by atoms with Crippen molar-refractivity contribution in [1.82, 2.24) is 34.0 Å². The molecular formula is C19H20F3N9O5S. The Balaban J connectivity index is 0.000000479. The first-order chi connectivity index (χ1) is 17.3. The highest BCUT2D eigenvalue weighted by Gasteiger charge is 2.49. The maximum Gasteiger partial charge on any atom is 0.490 e. The van der Waals surface area contributed by atoms with E-state index in [9.17, 15) is 31.6 Å². The van der Waals surface area contributed by atoms with Crippen LogP contribution in [-0.2, 0) is 20.4 Å². The van der Waals surface area contributed by atoms with Gasteiger partial charge in [0.05, 0.1) is 30.1 Å². The van der Waals surface area contributed by atoms with Crippen molar-refractivity contribution in [3.05, 3.63) is 31.0 Å². The fourth-order valence-electron chi connectivity index (χ4n) is 3.59. The van der Waals surface area contributed by atoms with Gasteiger partial charge < -0.3 is 5.11 Å². The first kappa shape index (κ1) is 27.5. The van der Waals surface area contributed by atoms with Crippen LogP contribution in [0.3, 0.4) is 0 Å². The first-order valence-corrected chi connectivity index (χ1v) is 11.9. The Kier molecular flexibility index (Phi) is 7.52. The van der Waals surface area contributed by atoms with Gasteiger partial charge in [0.2, 0.25) is 10.0 Å². The third-order valence-corrected chi connectivity index (χ3v) is 7.29. The zero-order chi connectivity index (χ0) is 27.6. The number of hydrogen-bond acceptors (Lipinski definition) is 9. The van der Waals surface area contributed by atoms with Crippen LogP contribution in [0.25, 0.3) is 22.3 Å². The molecular weight excluding hydrogens is 523 g/mol. The molecule has 3 aromatic heterocycles. The lowest BCUT2D eigenvalue weighted by Crippen LogP contribution is -2.64. The van der Waals surface area contributed by atoms with Crippen LogP contribution in [0.1, 0.15) is 13.3 Å². The van der Waals surface area contributed by atoms with Crippen molar-refractivity contribution in [1.29, 1.82) is 5.26 Å². The minimum Gasteiger partial charge on any atom is -0.475 e. The van der Waals surface area contributed by atoms with E-state index in [1.54, 1.807) is 30.1 Å². The fourth-order valence-corrected chi connectivity index (χ4v) is 4.83. The minimum absolute atomic E-state index is 0.00623. The quantitative estimate of drug-likeness (QED) is 0.233. The number of nitriles is 1. The Morgan fingerprint density at radius 1 is 1.32 bits per heavy atom. The second-order valence-electron chi connectivity index (χ2n) is 7.80. The summed E-state index contributed by atoms with van der Waals surface area (Å²) < 4.78 is 60.2. The summed E-state index contributed by atoms with van der Waals surface area (Å²) in [7, 11) is -3.33. The number of halogens is 3.